The van der Waals surface area contributed by atoms with Crippen LogP contribution < -0.4 is 5.32 Å². The highest BCUT2D eigenvalue weighted by Crippen LogP contribution is 2.38. The number of nitriles is 1. The van der Waals surface area contributed by atoms with Gasteiger partial charge in [-0.15, -0.1) is 0 Å². The summed E-state index contributed by atoms with van der Waals surface area (Å²) in [5.74, 6) is 1.63. The summed E-state index contributed by atoms with van der Waals surface area (Å²) in [7, 11) is 0. The third kappa shape index (κ3) is 4.31. The SMILES string of the molecule is C[C@@H]1CSc2nc3c(NCCc4ccc(O)c(-c5ccccc5F)c4)nc(-c4cncc(C#N)c4)nc3n21. The second-order valence-electron chi connectivity index (χ2n) is 9.07. The molecule has 1 aliphatic rings. The molecule has 0 saturated carbocycles. The van der Waals surface area contributed by atoms with Gasteiger partial charge in [0.05, 0.1) is 5.56 Å². The lowest BCUT2D eigenvalue weighted by Gasteiger charge is -2.12. The molecule has 10 heteroatoms. The molecule has 0 unspecified atom stereocenters. The predicted molar refractivity (Wildman–Crippen MR) is 144 cm³/mol. The number of fused-ring (bicyclic) bond motifs is 3. The molecular formula is C28H22FN7OS. The van der Waals surface area contributed by atoms with Crippen molar-refractivity contribution in [2.24, 2.45) is 0 Å². The third-order valence-electron chi connectivity index (χ3n) is 6.46. The molecule has 1 aliphatic heterocycles. The third-order valence-corrected chi connectivity index (χ3v) is 7.65. The van der Waals surface area contributed by atoms with Gasteiger partial charge in [-0.05, 0) is 43.2 Å². The summed E-state index contributed by atoms with van der Waals surface area (Å²) >= 11 is 1.69. The van der Waals surface area contributed by atoms with Gasteiger partial charge in [0.25, 0.3) is 0 Å². The molecule has 0 aliphatic carbocycles. The van der Waals surface area contributed by atoms with Crippen LogP contribution in [0.15, 0.2) is 66.1 Å². The summed E-state index contributed by atoms with van der Waals surface area (Å²) in [6.45, 7) is 2.66. The van der Waals surface area contributed by atoms with Crippen molar-refractivity contribution in [1.29, 1.82) is 5.26 Å². The van der Waals surface area contributed by atoms with Crippen LogP contribution in [0.5, 0.6) is 5.75 Å². The van der Waals surface area contributed by atoms with Crippen molar-refractivity contribution in [1.82, 2.24) is 24.5 Å². The smallest absolute Gasteiger partial charge is 0.170 e. The van der Waals surface area contributed by atoms with Gasteiger partial charge in [-0.25, -0.2) is 19.3 Å². The quantitative estimate of drug-likeness (QED) is 0.296. The number of pyridine rings is 1. The lowest BCUT2D eigenvalue weighted by atomic mass is 10.00. The molecule has 1 atom stereocenters. The first-order valence-electron chi connectivity index (χ1n) is 12.1. The minimum Gasteiger partial charge on any atom is -0.507 e. The van der Waals surface area contributed by atoms with E-state index < -0.39 is 0 Å². The number of hydrogen-bond donors (Lipinski definition) is 2. The van der Waals surface area contributed by atoms with E-state index in [2.05, 4.69) is 27.9 Å². The summed E-state index contributed by atoms with van der Waals surface area (Å²) in [5, 5.41) is 24.0. The van der Waals surface area contributed by atoms with Crippen LogP contribution in [0.25, 0.3) is 33.7 Å². The number of aromatic nitrogens is 5. The maximum absolute atomic E-state index is 14.4. The van der Waals surface area contributed by atoms with Gasteiger partial charge in [-0.2, -0.15) is 5.26 Å². The van der Waals surface area contributed by atoms with Gasteiger partial charge in [0.2, 0.25) is 0 Å². The Morgan fingerprint density at radius 3 is 2.84 bits per heavy atom. The van der Waals surface area contributed by atoms with E-state index in [0.717, 1.165) is 22.1 Å². The number of phenols is 1. The minimum atomic E-state index is -0.385. The van der Waals surface area contributed by atoms with Crippen LogP contribution in [0, 0.1) is 17.1 Å². The fourth-order valence-corrected chi connectivity index (χ4v) is 5.66. The number of nitrogens with one attached hydrogen (secondary N) is 1. The van der Waals surface area contributed by atoms with Gasteiger partial charge in [-0.3, -0.25) is 9.55 Å². The van der Waals surface area contributed by atoms with Crippen molar-refractivity contribution in [2.45, 2.75) is 24.5 Å². The van der Waals surface area contributed by atoms with E-state index in [1.165, 1.54) is 12.3 Å². The van der Waals surface area contributed by atoms with Crippen LogP contribution in [0.2, 0.25) is 0 Å². The van der Waals surface area contributed by atoms with Crippen LogP contribution in [0.1, 0.15) is 24.1 Å². The van der Waals surface area contributed by atoms with E-state index in [1.807, 2.05) is 6.07 Å². The first-order chi connectivity index (χ1) is 18.5. The molecular weight excluding hydrogens is 501 g/mol. The highest BCUT2D eigenvalue weighted by molar-refractivity contribution is 7.99. The number of nitrogens with zero attached hydrogens (tertiary/aromatic N) is 6. The number of imidazole rings is 1. The van der Waals surface area contributed by atoms with E-state index >= 15 is 0 Å². The molecule has 0 amide bonds. The van der Waals surface area contributed by atoms with Crippen LogP contribution in [-0.4, -0.2) is 41.9 Å². The maximum atomic E-state index is 14.4. The largest absolute Gasteiger partial charge is 0.507 e. The summed E-state index contributed by atoms with van der Waals surface area (Å²) in [4.78, 5) is 18.6. The average Bonchev–Trinajstić information content (AvgIpc) is 3.49. The zero-order valence-corrected chi connectivity index (χ0v) is 21.2. The summed E-state index contributed by atoms with van der Waals surface area (Å²) < 4.78 is 16.5. The number of anilines is 1. The monoisotopic (exact) mass is 523 g/mol. The highest BCUT2D eigenvalue weighted by atomic mass is 32.2. The minimum absolute atomic E-state index is 0.0290. The van der Waals surface area contributed by atoms with Crippen molar-refractivity contribution in [3.05, 3.63) is 77.9 Å². The Bertz CT molecular complexity index is 1730. The zero-order chi connectivity index (χ0) is 26.2. The molecule has 2 N–H and O–H groups in total. The van der Waals surface area contributed by atoms with Gasteiger partial charge in [0, 0.05) is 47.4 Å². The van der Waals surface area contributed by atoms with E-state index in [4.69, 9.17) is 15.0 Å². The Hall–Kier alpha value is -4.49. The molecule has 0 fully saturated rings. The fraction of sp³-hybridized carbons (Fsp3) is 0.179. The molecule has 0 radical (unpaired) electrons. The van der Waals surface area contributed by atoms with E-state index in [1.54, 1.807) is 54.4 Å². The van der Waals surface area contributed by atoms with Crippen LogP contribution in [-0.2, 0) is 6.42 Å². The zero-order valence-electron chi connectivity index (χ0n) is 20.4. The summed E-state index contributed by atoms with van der Waals surface area (Å²) in [5.41, 5.74) is 4.24. The predicted octanol–water partition coefficient (Wildman–Crippen LogP) is 5.59. The van der Waals surface area contributed by atoms with E-state index in [9.17, 15) is 14.8 Å². The van der Waals surface area contributed by atoms with Crippen molar-refractivity contribution in [2.75, 3.05) is 17.6 Å². The number of rotatable bonds is 6. The molecule has 4 heterocycles. The average molecular weight is 524 g/mol. The molecule has 8 nitrogen and oxygen atoms in total. The number of halogens is 1. The number of thioether (sulfide) groups is 1. The second kappa shape index (κ2) is 9.76. The van der Waals surface area contributed by atoms with Crippen LogP contribution in [0.3, 0.4) is 0 Å². The molecule has 6 rings (SSSR count). The molecule has 188 valence electrons. The number of aromatic hydroxyl groups is 1. The molecule has 3 aromatic heterocycles. The number of hydrogen-bond acceptors (Lipinski definition) is 8. The summed E-state index contributed by atoms with van der Waals surface area (Å²) in [6, 6.07) is 15.7. The Morgan fingerprint density at radius 1 is 1.13 bits per heavy atom. The van der Waals surface area contributed by atoms with Crippen molar-refractivity contribution < 1.29 is 9.50 Å². The number of phenolic OH excluding ortho intramolecular Hbond substituents is 1. The van der Waals surface area contributed by atoms with Gasteiger partial charge >= 0.3 is 0 Å². The summed E-state index contributed by atoms with van der Waals surface area (Å²) in [6.07, 6.45) is 3.75. The topological polar surface area (TPSA) is 113 Å². The maximum Gasteiger partial charge on any atom is 0.170 e. The molecule has 0 spiro atoms. The lowest BCUT2D eigenvalue weighted by Crippen LogP contribution is -2.09. The Morgan fingerprint density at radius 2 is 2.00 bits per heavy atom. The standard InChI is InChI=1S/C28H22FN7OS/c1-16-15-38-28-33-24-26(34-25(35-27(24)36(16)28)19-10-18(12-30)13-31-14-19)32-9-8-17-6-7-23(37)21(11-17)20-4-2-3-5-22(20)29/h2-7,10-11,13-14,16,37H,8-9,15H2,1H3,(H,32,34,35)/t16-/m1/s1. The van der Waals surface area contributed by atoms with Gasteiger partial charge in [0.1, 0.15) is 17.6 Å². The molecule has 38 heavy (non-hydrogen) atoms. The van der Waals surface area contributed by atoms with Gasteiger partial charge in [0.15, 0.2) is 28.0 Å². The highest BCUT2D eigenvalue weighted by Gasteiger charge is 2.27. The first-order valence-corrected chi connectivity index (χ1v) is 13.1. The molecule has 0 saturated heterocycles. The fourth-order valence-electron chi connectivity index (χ4n) is 4.56. The van der Waals surface area contributed by atoms with Crippen LogP contribution in [0.4, 0.5) is 10.2 Å². The van der Waals surface area contributed by atoms with Crippen molar-refractivity contribution in [3.8, 4) is 34.3 Å². The van der Waals surface area contributed by atoms with Gasteiger partial charge < -0.3 is 10.4 Å². The lowest BCUT2D eigenvalue weighted by molar-refractivity contribution is 0.476. The Balaban J connectivity index is 1.32. The van der Waals surface area contributed by atoms with Crippen molar-refractivity contribution >= 4 is 28.7 Å². The van der Waals surface area contributed by atoms with Crippen LogP contribution >= 0.6 is 11.8 Å². The molecule has 2 aromatic carbocycles. The van der Waals surface area contributed by atoms with Crippen molar-refractivity contribution in [3.63, 3.8) is 0 Å². The van der Waals surface area contributed by atoms with Gasteiger partial charge in [-0.1, -0.05) is 36.0 Å². The van der Waals surface area contributed by atoms with E-state index in [0.29, 0.717) is 52.4 Å². The molecule has 5 aromatic rings. The number of benzene rings is 2. The second-order valence-corrected chi connectivity index (χ2v) is 10.1. The molecule has 0 bridgehead atoms. The normalized spacial score (nSPS) is 14.4. The first kappa shape index (κ1) is 23.9. The Kier molecular flexibility index (Phi) is 6.13. The van der Waals surface area contributed by atoms with E-state index in [-0.39, 0.29) is 17.6 Å². The Labute approximate surface area is 222 Å².